The Bertz CT molecular complexity index is 631. The van der Waals surface area contributed by atoms with Crippen LogP contribution in [0.3, 0.4) is 0 Å². The SMILES string of the molecule is Cc1cccc(C)c1N1CCN(c2c(C)cccc2C)C1=N. The minimum atomic E-state index is 0.579. The minimum Gasteiger partial charge on any atom is -0.310 e. The van der Waals surface area contributed by atoms with Crippen LogP contribution in [0.1, 0.15) is 22.3 Å². The maximum Gasteiger partial charge on any atom is 0.203 e. The number of hydrogen-bond donors (Lipinski definition) is 1. The normalized spacial score (nSPS) is 14.8. The largest absolute Gasteiger partial charge is 0.310 e. The van der Waals surface area contributed by atoms with Gasteiger partial charge >= 0.3 is 0 Å². The van der Waals surface area contributed by atoms with Crippen LogP contribution in [-0.2, 0) is 0 Å². The third-order valence-electron chi connectivity index (χ3n) is 4.48. The topological polar surface area (TPSA) is 30.3 Å². The Balaban J connectivity index is 2.00. The summed E-state index contributed by atoms with van der Waals surface area (Å²) in [5.41, 5.74) is 7.28. The molecule has 0 aliphatic carbocycles. The standard InChI is InChI=1S/C19H23N3/c1-13-7-5-8-14(2)17(13)21-11-12-22(19(21)20)18-15(3)9-6-10-16(18)4/h5-10,20H,11-12H2,1-4H3. The van der Waals surface area contributed by atoms with Crippen molar-refractivity contribution in [3.63, 3.8) is 0 Å². The van der Waals surface area contributed by atoms with Crippen LogP contribution in [0, 0.1) is 33.1 Å². The molecule has 114 valence electrons. The van der Waals surface area contributed by atoms with E-state index in [1.807, 2.05) is 0 Å². The number of guanidine groups is 1. The lowest BCUT2D eigenvalue weighted by molar-refractivity contribution is 1.01. The van der Waals surface area contributed by atoms with Crippen molar-refractivity contribution in [2.45, 2.75) is 27.7 Å². The highest BCUT2D eigenvalue weighted by atomic mass is 15.4. The molecule has 1 fully saturated rings. The first-order valence-corrected chi connectivity index (χ1v) is 7.76. The van der Waals surface area contributed by atoms with Crippen molar-refractivity contribution in [3.8, 4) is 0 Å². The lowest BCUT2D eigenvalue weighted by Crippen LogP contribution is -2.34. The molecule has 2 aromatic rings. The second-order valence-corrected chi connectivity index (χ2v) is 6.11. The van der Waals surface area contributed by atoms with Gasteiger partial charge in [0.25, 0.3) is 0 Å². The molecule has 3 heteroatoms. The number of nitrogens with zero attached hydrogens (tertiary/aromatic N) is 2. The highest BCUT2D eigenvalue weighted by molar-refractivity contribution is 6.09. The Kier molecular flexibility index (Phi) is 3.65. The second kappa shape index (κ2) is 5.48. The van der Waals surface area contributed by atoms with Crippen molar-refractivity contribution in [1.82, 2.24) is 0 Å². The molecular formula is C19H23N3. The molecule has 0 radical (unpaired) electrons. The number of para-hydroxylation sites is 2. The Labute approximate surface area is 132 Å². The molecule has 0 spiro atoms. The van der Waals surface area contributed by atoms with E-state index < -0.39 is 0 Å². The van der Waals surface area contributed by atoms with E-state index in [0.717, 1.165) is 13.1 Å². The predicted molar refractivity (Wildman–Crippen MR) is 94.3 cm³/mol. The predicted octanol–water partition coefficient (Wildman–Crippen LogP) is 4.18. The van der Waals surface area contributed by atoms with Gasteiger partial charge in [-0.2, -0.15) is 0 Å². The van der Waals surface area contributed by atoms with Gasteiger partial charge < -0.3 is 9.80 Å². The molecule has 1 aliphatic heterocycles. The number of anilines is 2. The van der Waals surface area contributed by atoms with Crippen molar-refractivity contribution in [2.75, 3.05) is 22.9 Å². The van der Waals surface area contributed by atoms with Gasteiger partial charge in [0.05, 0.1) is 0 Å². The first-order chi connectivity index (χ1) is 10.5. The van der Waals surface area contributed by atoms with Gasteiger partial charge in [-0.1, -0.05) is 36.4 Å². The molecule has 0 unspecified atom stereocenters. The fraction of sp³-hybridized carbons (Fsp3) is 0.316. The molecular weight excluding hydrogens is 270 g/mol. The zero-order valence-corrected chi connectivity index (χ0v) is 13.8. The van der Waals surface area contributed by atoms with Crippen LogP contribution in [0.5, 0.6) is 0 Å². The average Bonchev–Trinajstić information content (AvgIpc) is 2.81. The van der Waals surface area contributed by atoms with Crippen molar-refractivity contribution >= 4 is 17.3 Å². The Morgan fingerprint density at radius 3 is 1.32 bits per heavy atom. The van der Waals surface area contributed by atoms with E-state index >= 15 is 0 Å². The molecule has 3 nitrogen and oxygen atoms in total. The molecule has 1 N–H and O–H groups in total. The first kappa shape index (κ1) is 14.6. The van der Waals surface area contributed by atoms with Gasteiger partial charge in [-0.3, -0.25) is 5.41 Å². The molecule has 0 atom stereocenters. The van der Waals surface area contributed by atoms with Crippen molar-refractivity contribution < 1.29 is 0 Å². The van der Waals surface area contributed by atoms with Crippen molar-refractivity contribution in [1.29, 1.82) is 5.41 Å². The molecule has 22 heavy (non-hydrogen) atoms. The monoisotopic (exact) mass is 293 g/mol. The molecule has 0 saturated carbocycles. The van der Waals surface area contributed by atoms with Crippen LogP contribution < -0.4 is 9.80 Å². The maximum atomic E-state index is 8.68. The summed E-state index contributed by atoms with van der Waals surface area (Å²) in [6, 6.07) is 12.7. The molecule has 1 aliphatic rings. The summed E-state index contributed by atoms with van der Waals surface area (Å²) in [4.78, 5) is 4.27. The van der Waals surface area contributed by atoms with E-state index in [1.165, 1.54) is 33.6 Å². The Hall–Kier alpha value is -2.29. The number of aryl methyl sites for hydroxylation is 4. The highest BCUT2D eigenvalue weighted by Crippen LogP contribution is 2.32. The third kappa shape index (κ3) is 2.27. The summed E-state index contributed by atoms with van der Waals surface area (Å²) in [5.74, 6) is 0.579. The molecule has 0 amide bonds. The zero-order valence-electron chi connectivity index (χ0n) is 13.8. The van der Waals surface area contributed by atoms with Crippen LogP contribution in [0.2, 0.25) is 0 Å². The number of hydrogen-bond acceptors (Lipinski definition) is 1. The molecule has 0 aromatic heterocycles. The smallest absolute Gasteiger partial charge is 0.203 e. The molecule has 0 bridgehead atoms. The lowest BCUT2D eigenvalue weighted by atomic mass is 10.1. The molecule has 1 heterocycles. The van der Waals surface area contributed by atoms with Gasteiger partial charge in [-0.05, 0) is 49.9 Å². The van der Waals surface area contributed by atoms with Crippen molar-refractivity contribution in [3.05, 3.63) is 58.7 Å². The number of benzene rings is 2. The molecule has 3 rings (SSSR count). The second-order valence-electron chi connectivity index (χ2n) is 6.11. The summed E-state index contributed by atoms with van der Waals surface area (Å²) in [5, 5.41) is 8.68. The van der Waals surface area contributed by atoms with E-state index in [4.69, 9.17) is 5.41 Å². The van der Waals surface area contributed by atoms with Crippen LogP contribution >= 0.6 is 0 Å². The lowest BCUT2D eigenvalue weighted by Gasteiger charge is -2.26. The highest BCUT2D eigenvalue weighted by Gasteiger charge is 2.30. The fourth-order valence-corrected chi connectivity index (χ4v) is 3.46. The molecule has 1 saturated heterocycles. The van der Waals surface area contributed by atoms with E-state index in [1.54, 1.807) is 0 Å². The summed E-state index contributed by atoms with van der Waals surface area (Å²) >= 11 is 0. The van der Waals surface area contributed by atoms with Gasteiger partial charge in [0.15, 0.2) is 0 Å². The maximum absolute atomic E-state index is 8.68. The van der Waals surface area contributed by atoms with Gasteiger partial charge in [0, 0.05) is 24.5 Å². The van der Waals surface area contributed by atoms with Crippen molar-refractivity contribution in [2.24, 2.45) is 0 Å². The first-order valence-electron chi connectivity index (χ1n) is 7.76. The number of rotatable bonds is 2. The van der Waals surface area contributed by atoms with Crippen LogP contribution in [0.15, 0.2) is 36.4 Å². The van der Waals surface area contributed by atoms with Crippen LogP contribution in [-0.4, -0.2) is 19.0 Å². The number of nitrogens with one attached hydrogen (secondary N) is 1. The average molecular weight is 293 g/mol. The molecule has 2 aromatic carbocycles. The summed E-state index contributed by atoms with van der Waals surface area (Å²) in [6.07, 6.45) is 0. The van der Waals surface area contributed by atoms with Gasteiger partial charge in [0.1, 0.15) is 0 Å². The Morgan fingerprint density at radius 1 is 0.682 bits per heavy atom. The van der Waals surface area contributed by atoms with Gasteiger partial charge in [0.2, 0.25) is 5.96 Å². The Morgan fingerprint density at radius 2 is 1.00 bits per heavy atom. The van der Waals surface area contributed by atoms with Crippen LogP contribution in [0.25, 0.3) is 0 Å². The third-order valence-corrected chi connectivity index (χ3v) is 4.48. The van der Waals surface area contributed by atoms with Gasteiger partial charge in [-0.15, -0.1) is 0 Å². The summed E-state index contributed by atoms with van der Waals surface area (Å²) in [7, 11) is 0. The fourth-order valence-electron chi connectivity index (χ4n) is 3.46. The van der Waals surface area contributed by atoms with E-state index in [2.05, 4.69) is 73.9 Å². The van der Waals surface area contributed by atoms with Gasteiger partial charge in [-0.25, -0.2) is 0 Å². The van der Waals surface area contributed by atoms with E-state index in [0.29, 0.717) is 5.96 Å². The van der Waals surface area contributed by atoms with Crippen LogP contribution in [0.4, 0.5) is 11.4 Å². The summed E-state index contributed by atoms with van der Waals surface area (Å²) < 4.78 is 0. The quantitative estimate of drug-likeness (QED) is 0.900. The summed E-state index contributed by atoms with van der Waals surface area (Å²) in [6.45, 7) is 10.2. The van der Waals surface area contributed by atoms with E-state index in [-0.39, 0.29) is 0 Å². The minimum absolute atomic E-state index is 0.579. The van der Waals surface area contributed by atoms with E-state index in [9.17, 15) is 0 Å². The zero-order chi connectivity index (χ0) is 15.9.